The molecule has 4 rings (SSSR count). The van der Waals surface area contributed by atoms with Crippen molar-refractivity contribution in [2.24, 2.45) is 0 Å². The van der Waals surface area contributed by atoms with Gasteiger partial charge in [-0.1, -0.05) is 12.1 Å². The minimum Gasteiger partial charge on any atom is -0.493 e. The Hall–Kier alpha value is -3.40. The molecule has 7 nitrogen and oxygen atoms in total. The summed E-state index contributed by atoms with van der Waals surface area (Å²) in [6.45, 7) is 0. The molecule has 3 aromatic rings. The predicted molar refractivity (Wildman–Crippen MR) is 97.5 cm³/mol. The van der Waals surface area contributed by atoms with E-state index >= 15 is 0 Å². The van der Waals surface area contributed by atoms with E-state index in [0.717, 1.165) is 24.1 Å². The first-order valence-electron chi connectivity index (χ1n) is 8.73. The quantitative estimate of drug-likeness (QED) is 0.723. The van der Waals surface area contributed by atoms with Gasteiger partial charge in [0.15, 0.2) is 17.2 Å². The molecule has 1 aliphatic carbocycles. The Kier molecular flexibility index (Phi) is 4.04. The predicted octanol–water partition coefficient (Wildman–Crippen LogP) is 3.17. The number of carboxylic acids is 1. The molecule has 1 aromatic carbocycles. The molecule has 1 aliphatic rings. The van der Waals surface area contributed by atoms with Crippen LogP contribution in [0.1, 0.15) is 37.1 Å². The van der Waals surface area contributed by atoms with Crippen LogP contribution in [0.25, 0.3) is 16.9 Å². The minimum absolute atomic E-state index is 0.101. The molecule has 1 N–H and O–H groups in total. The first-order valence-corrected chi connectivity index (χ1v) is 8.73. The monoisotopic (exact) mass is 362 g/mol. The van der Waals surface area contributed by atoms with Gasteiger partial charge in [-0.3, -0.25) is 4.79 Å². The largest absolute Gasteiger partial charge is 0.493 e. The van der Waals surface area contributed by atoms with E-state index in [1.165, 1.54) is 0 Å². The highest BCUT2D eigenvalue weighted by molar-refractivity contribution is 5.69. The lowest BCUT2D eigenvalue weighted by Crippen LogP contribution is -2.12. The molecule has 2 aromatic heterocycles. The normalized spacial score (nSPS) is 14.7. The van der Waals surface area contributed by atoms with Crippen LogP contribution >= 0.6 is 0 Å². The van der Waals surface area contributed by atoms with Gasteiger partial charge in [0.1, 0.15) is 0 Å². The van der Waals surface area contributed by atoms with E-state index < -0.39 is 5.97 Å². The van der Waals surface area contributed by atoms with Crippen LogP contribution in [-0.4, -0.2) is 32.8 Å². The summed E-state index contributed by atoms with van der Waals surface area (Å²) in [5.41, 5.74) is 2.55. The van der Waals surface area contributed by atoms with E-state index in [-0.39, 0.29) is 11.8 Å². The van der Waals surface area contributed by atoms with Gasteiger partial charge < -0.3 is 9.84 Å². The second-order valence-corrected chi connectivity index (χ2v) is 6.82. The average Bonchev–Trinajstić information content (AvgIpc) is 3.35. The van der Waals surface area contributed by atoms with Crippen LogP contribution in [0.15, 0.2) is 36.4 Å². The minimum atomic E-state index is -0.809. The molecule has 0 atom stereocenters. The summed E-state index contributed by atoms with van der Waals surface area (Å²) in [6.07, 6.45) is 2.40. The fraction of sp³-hybridized carbons (Fsp3) is 0.300. The fourth-order valence-electron chi connectivity index (χ4n) is 3.37. The third kappa shape index (κ3) is 2.99. The van der Waals surface area contributed by atoms with E-state index in [0.29, 0.717) is 29.2 Å². The third-order valence-corrected chi connectivity index (χ3v) is 5.10. The van der Waals surface area contributed by atoms with Crippen LogP contribution < -0.4 is 4.74 Å². The number of hydrogen-bond acceptors (Lipinski definition) is 5. The standard InChI is InChI=1S/C20H18N4O3/c1-27-16-6-5-15(14-4-2-3-13(11-14)12-21)24-18(16)22-19(23-24)20(9-10-20)8-7-17(25)26/h2-6,11H,7-10H2,1H3,(H,25,26). The van der Waals surface area contributed by atoms with Crippen molar-refractivity contribution in [1.29, 1.82) is 5.26 Å². The fourth-order valence-corrected chi connectivity index (χ4v) is 3.37. The van der Waals surface area contributed by atoms with Gasteiger partial charge in [0.2, 0.25) is 0 Å². The molecule has 0 radical (unpaired) electrons. The number of carboxylic acid groups (broad SMARTS) is 1. The second kappa shape index (κ2) is 6.40. The number of ether oxygens (including phenoxy) is 1. The highest BCUT2D eigenvalue weighted by Gasteiger charge is 2.48. The molecule has 0 amide bonds. The van der Waals surface area contributed by atoms with Crippen molar-refractivity contribution in [3.63, 3.8) is 0 Å². The Balaban J connectivity index is 1.84. The molecule has 1 saturated carbocycles. The van der Waals surface area contributed by atoms with Crippen LogP contribution in [0.5, 0.6) is 5.75 Å². The molecular weight excluding hydrogens is 344 g/mol. The molecule has 0 spiro atoms. The average molecular weight is 362 g/mol. The number of pyridine rings is 1. The summed E-state index contributed by atoms with van der Waals surface area (Å²) < 4.78 is 7.17. The third-order valence-electron chi connectivity index (χ3n) is 5.10. The molecule has 2 heterocycles. The Morgan fingerprint density at radius 3 is 2.85 bits per heavy atom. The van der Waals surface area contributed by atoms with Gasteiger partial charge in [0.25, 0.3) is 0 Å². The number of carbonyl (C=O) groups is 1. The first kappa shape index (κ1) is 17.0. The van der Waals surface area contributed by atoms with E-state index in [1.54, 1.807) is 23.8 Å². The zero-order valence-electron chi connectivity index (χ0n) is 14.8. The van der Waals surface area contributed by atoms with Crippen molar-refractivity contribution < 1.29 is 14.6 Å². The molecule has 1 fully saturated rings. The molecule has 0 bridgehead atoms. The number of rotatable bonds is 6. The van der Waals surface area contributed by atoms with Crippen LogP contribution in [-0.2, 0) is 10.2 Å². The van der Waals surface area contributed by atoms with Crippen molar-refractivity contribution in [2.45, 2.75) is 31.1 Å². The molecule has 0 aliphatic heterocycles. The summed E-state index contributed by atoms with van der Waals surface area (Å²) in [5, 5.41) is 22.9. The molecule has 27 heavy (non-hydrogen) atoms. The second-order valence-electron chi connectivity index (χ2n) is 6.82. The van der Waals surface area contributed by atoms with Crippen molar-refractivity contribution in [2.75, 3.05) is 7.11 Å². The number of methoxy groups -OCH3 is 1. The highest BCUT2D eigenvalue weighted by Crippen LogP contribution is 2.50. The first-order chi connectivity index (χ1) is 13.1. The maximum absolute atomic E-state index is 11.0. The zero-order chi connectivity index (χ0) is 19.0. The number of aliphatic carboxylic acids is 1. The molecular formula is C20H18N4O3. The number of benzene rings is 1. The molecule has 0 unspecified atom stereocenters. The van der Waals surface area contributed by atoms with Crippen LogP contribution in [0, 0.1) is 11.3 Å². The van der Waals surface area contributed by atoms with Gasteiger partial charge in [-0.2, -0.15) is 5.26 Å². The van der Waals surface area contributed by atoms with Gasteiger partial charge in [-0.15, -0.1) is 5.10 Å². The van der Waals surface area contributed by atoms with Gasteiger partial charge in [0, 0.05) is 17.4 Å². The van der Waals surface area contributed by atoms with Crippen molar-refractivity contribution in [3.05, 3.63) is 47.8 Å². The maximum atomic E-state index is 11.0. The lowest BCUT2D eigenvalue weighted by Gasteiger charge is -2.08. The van der Waals surface area contributed by atoms with E-state index in [1.807, 2.05) is 24.3 Å². The number of nitrogens with zero attached hydrogens (tertiary/aromatic N) is 4. The highest BCUT2D eigenvalue weighted by atomic mass is 16.5. The van der Waals surface area contributed by atoms with Gasteiger partial charge in [0.05, 0.1) is 24.4 Å². The number of fused-ring (bicyclic) bond motifs is 1. The van der Waals surface area contributed by atoms with Crippen LogP contribution in [0.4, 0.5) is 0 Å². The van der Waals surface area contributed by atoms with Crippen molar-refractivity contribution in [1.82, 2.24) is 14.6 Å². The summed E-state index contributed by atoms with van der Waals surface area (Å²) >= 11 is 0. The Morgan fingerprint density at radius 1 is 1.37 bits per heavy atom. The molecule has 136 valence electrons. The lowest BCUT2D eigenvalue weighted by molar-refractivity contribution is -0.137. The number of aromatic nitrogens is 3. The Morgan fingerprint density at radius 2 is 2.19 bits per heavy atom. The maximum Gasteiger partial charge on any atom is 0.303 e. The van der Waals surface area contributed by atoms with E-state index in [4.69, 9.17) is 19.9 Å². The summed E-state index contributed by atoms with van der Waals surface area (Å²) in [5.74, 6) is 0.450. The number of nitriles is 1. The SMILES string of the molecule is COc1ccc(-c2cccc(C#N)c2)n2nc(C3(CCC(=O)O)CC3)nc12. The van der Waals surface area contributed by atoms with Gasteiger partial charge in [-0.25, -0.2) is 9.50 Å². The Bertz CT molecular complexity index is 1080. The van der Waals surface area contributed by atoms with Gasteiger partial charge in [-0.05, 0) is 43.5 Å². The number of hydrogen-bond donors (Lipinski definition) is 1. The van der Waals surface area contributed by atoms with Crippen LogP contribution in [0.3, 0.4) is 0 Å². The van der Waals surface area contributed by atoms with E-state index in [2.05, 4.69) is 6.07 Å². The summed E-state index contributed by atoms with van der Waals surface area (Å²) in [6, 6.07) is 13.2. The topological polar surface area (TPSA) is 101 Å². The molecule has 7 heteroatoms. The van der Waals surface area contributed by atoms with E-state index in [9.17, 15) is 10.1 Å². The van der Waals surface area contributed by atoms with Crippen molar-refractivity contribution in [3.8, 4) is 23.1 Å². The smallest absolute Gasteiger partial charge is 0.303 e. The van der Waals surface area contributed by atoms with Gasteiger partial charge >= 0.3 is 5.97 Å². The zero-order valence-corrected chi connectivity index (χ0v) is 14.8. The molecule has 0 saturated heterocycles. The lowest BCUT2D eigenvalue weighted by atomic mass is 10.00. The summed E-state index contributed by atoms with van der Waals surface area (Å²) in [4.78, 5) is 15.7. The summed E-state index contributed by atoms with van der Waals surface area (Å²) in [7, 11) is 1.58. The Labute approximate surface area is 155 Å². The van der Waals surface area contributed by atoms with Crippen molar-refractivity contribution >= 4 is 11.6 Å². The van der Waals surface area contributed by atoms with Crippen LogP contribution in [0.2, 0.25) is 0 Å².